The lowest BCUT2D eigenvalue weighted by atomic mass is 9.89. The lowest BCUT2D eigenvalue weighted by Crippen LogP contribution is -2.24. The van der Waals surface area contributed by atoms with E-state index >= 15 is 0 Å². The number of likely N-dealkylation sites (N-methyl/N-ethyl adjacent to an activating group) is 1. The number of fused-ring (bicyclic) bond motifs is 1. The van der Waals surface area contributed by atoms with Crippen LogP contribution in [0.1, 0.15) is 28.0 Å². The molecule has 1 aliphatic rings. The third-order valence-electron chi connectivity index (χ3n) is 3.68. The van der Waals surface area contributed by atoms with Gasteiger partial charge in [-0.15, -0.1) is 23.1 Å². The van der Waals surface area contributed by atoms with Crippen molar-refractivity contribution in [3.63, 3.8) is 0 Å². The highest BCUT2D eigenvalue weighted by Gasteiger charge is 2.31. The molecule has 2 atom stereocenters. The first kappa shape index (κ1) is 12.3. The molecule has 0 bridgehead atoms. The van der Waals surface area contributed by atoms with Crippen molar-refractivity contribution in [2.24, 2.45) is 0 Å². The zero-order chi connectivity index (χ0) is 12.5. The highest BCUT2D eigenvalue weighted by atomic mass is 32.2. The van der Waals surface area contributed by atoms with Gasteiger partial charge in [0, 0.05) is 27.5 Å². The molecule has 0 saturated carbocycles. The van der Waals surface area contributed by atoms with Crippen LogP contribution in [0.25, 0.3) is 0 Å². The van der Waals surface area contributed by atoms with E-state index in [2.05, 4.69) is 55.0 Å². The van der Waals surface area contributed by atoms with Crippen molar-refractivity contribution in [3.8, 4) is 0 Å². The topological polar surface area (TPSA) is 12.0 Å². The second-order valence-electron chi connectivity index (χ2n) is 4.65. The summed E-state index contributed by atoms with van der Waals surface area (Å²) >= 11 is 3.83. The molecule has 2 aromatic rings. The molecule has 0 aliphatic carbocycles. The molecule has 0 fully saturated rings. The molecule has 1 nitrogen and oxygen atoms in total. The van der Waals surface area contributed by atoms with Gasteiger partial charge in [0.05, 0.1) is 0 Å². The molecule has 1 aromatic heterocycles. The fourth-order valence-electron chi connectivity index (χ4n) is 2.75. The highest BCUT2D eigenvalue weighted by Crippen LogP contribution is 2.46. The fraction of sp³-hybridized carbons (Fsp3) is 0.333. The quantitative estimate of drug-likeness (QED) is 0.900. The molecule has 1 N–H and O–H groups in total. The Morgan fingerprint density at radius 2 is 2.11 bits per heavy atom. The van der Waals surface area contributed by atoms with Crippen LogP contribution in [-0.4, -0.2) is 12.8 Å². The molecule has 18 heavy (non-hydrogen) atoms. The van der Waals surface area contributed by atoms with E-state index in [1.807, 2.05) is 23.1 Å². The van der Waals surface area contributed by atoms with Gasteiger partial charge in [0.15, 0.2) is 0 Å². The largest absolute Gasteiger partial charge is 0.312 e. The van der Waals surface area contributed by atoms with Gasteiger partial charge < -0.3 is 5.32 Å². The molecule has 1 aromatic carbocycles. The second-order valence-corrected chi connectivity index (χ2v) is 6.84. The van der Waals surface area contributed by atoms with Crippen molar-refractivity contribution in [2.75, 3.05) is 12.8 Å². The first-order valence-electron chi connectivity index (χ1n) is 6.24. The summed E-state index contributed by atoms with van der Waals surface area (Å²) in [5, 5.41) is 5.72. The molecule has 0 saturated heterocycles. The van der Waals surface area contributed by atoms with Gasteiger partial charge in [-0.3, -0.25) is 0 Å². The van der Waals surface area contributed by atoms with Gasteiger partial charge in [-0.2, -0.15) is 0 Å². The van der Waals surface area contributed by atoms with E-state index in [0.29, 0.717) is 12.0 Å². The Kier molecular flexibility index (Phi) is 3.46. The molecule has 0 spiro atoms. The summed E-state index contributed by atoms with van der Waals surface area (Å²) in [4.78, 5) is 2.89. The monoisotopic (exact) mass is 275 g/mol. The minimum Gasteiger partial charge on any atom is -0.312 e. The van der Waals surface area contributed by atoms with Crippen molar-refractivity contribution in [3.05, 3.63) is 51.7 Å². The second kappa shape index (κ2) is 5.08. The Morgan fingerprint density at radius 1 is 1.28 bits per heavy atom. The SMILES string of the molecule is CNC(c1ccsc1C)C1CSc2ccccc21. The average Bonchev–Trinajstić information content (AvgIpc) is 2.99. The summed E-state index contributed by atoms with van der Waals surface area (Å²) in [5.41, 5.74) is 2.97. The van der Waals surface area contributed by atoms with Crippen molar-refractivity contribution in [1.29, 1.82) is 0 Å². The minimum absolute atomic E-state index is 0.437. The third-order valence-corrected chi connectivity index (χ3v) is 5.75. The van der Waals surface area contributed by atoms with E-state index in [0.717, 1.165) is 0 Å². The number of nitrogens with one attached hydrogen (secondary N) is 1. The standard InChI is InChI=1S/C15H17NS2/c1-10-11(7-8-17-10)15(16-2)13-9-18-14-6-4-3-5-12(13)14/h3-8,13,15-16H,9H2,1-2H3. The van der Waals surface area contributed by atoms with Crippen molar-refractivity contribution >= 4 is 23.1 Å². The first-order chi connectivity index (χ1) is 8.81. The van der Waals surface area contributed by atoms with Crippen molar-refractivity contribution < 1.29 is 0 Å². The molecule has 2 unspecified atom stereocenters. The van der Waals surface area contributed by atoms with Crippen LogP contribution in [0.2, 0.25) is 0 Å². The highest BCUT2D eigenvalue weighted by molar-refractivity contribution is 7.99. The Bertz CT molecular complexity index is 547. The smallest absolute Gasteiger partial charge is 0.0406 e. The summed E-state index contributed by atoms with van der Waals surface area (Å²) in [6.45, 7) is 2.22. The van der Waals surface area contributed by atoms with Crippen LogP contribution in [0, 0.1) is 6.92 Å². The molecule has 3 heteroatoms. The Morgan fingerprint density at radius 3 is 2.83 bits per heavy atom. The number of benzene rings is 1. The minimum atomic E-state index is 0.437. The van der Waals surface area contributed by atoms with Crippen LogP contribution in [0.15, 0.2) is 40.6 Å². The summed E-state index contributed by atoms with van der Waals surface area (Å²) in [6, 6.07) is 11.5. The van der Waals surface area contributed by atoms with Crippen LogP contribution in [0.3, 0.4) is 0 Å². The maximum atomic E-state index is 3.52. The Labute approximate surface area is 117 Å². The fourth-order valence-corrected chi connectivity index (χ4v) is 4.80. The van der Waals surface area contributed by atoms with E-state index < -0.39 is 0 Å². The van der Waals surface area contributed by atoms with E-state index in [1.54, 1.807) is 0 Å². The average molecular weight is 275 g/mol. The number of aryl methyl sites for hydroxylation is 1. The Balaban J connectivity index is 1.98. The summed E-state index contributed by atoms with van der Waals surface area (Å²) in [5.74, 6) is 1.77. The van der Waals surface area contributed by atoms with Crippen LogP contribution < -0.4 is 5.32 Å². The van der Waals surface area contributed by atoms with Gasteiger partial charge in [0.25, 0.3) is 0 Å². The maximum Gasteiger partial charge on any atom is 0.0406 e. The van der Waals surface area contributed by atoms with Crippen molar-refractivity contribution in [2.45, 2.75) is 23.8 Å². The van der Waals surface area contributed by atoms with Gasteiger partial charge in [-0.25, -0.2) is 0 Å². The van der Waals surface area contributed by atoms with Gasteiger partial charge in [0.1, 0.15) is 0 Å². The number of hydrogen-bond donors (Lipinski definition) is 1. The first-order valence-corrected chi connectivity index (χ1v) is 8.10. The number of thiophene rings is 1. The van der Waals surface area contributed by atoms with Gasteiger partial charge in [-0.05, 0) is 42.6 Å². The van der Waals surface area contributed by atoms with E-state index in [9.17, 15) is 0 Å². The number of hydrogen-bond acceptors (Lipinski definition) is 3. The lowest BCUT2D eigenvalue weighted by Gasteiger charge is -2.23. The van der Waals surface area contributed by atoms with E-state index in [-0.39, 0.29) is 0 Å². The molecular weight excluding hydrogens is 258 g/mol. The van der Waals surface area contributed by atoms with Crippen LogP contribution in [-0.2, 0) is 0 Å². The summed E-state index contributed by atoms with van der Waals surface area (Å²) in [7, 11) is 2.08. The van der Waals surface area contributed by atoms with E-state index in [1.165, 1.54) is 26.7 Å². The zero-order valence-electron chi connectivity index (χ0n) is 10.6. The molecular formula is C15H17NS2. The number of thioether (sulfide) groups is 1. The lowest BCUT2D eigenvalue weighted by molar-refractivity contribution is 0.514. The molecule has 3 rings (SSSR count). The Hall–Kier alpha value is -0.770. The van der Waals surface area contributed by atoms with Crippen LogP contribution in [0.4, 0.5) is 0 Å². The molecule has 2 heterocycles. The predicted molar refractivity (Wildman–Crippen MR) is 80.8 cm³/mol. The van der Waals surface area contributed by atoms with Gasteiger partial charge >= 0.3 is 0 Å². The summed E-state index contributed by atoms with van der Waals surface area (Å²) < 4.78 is 0. The molecule has 94 valence electrons. The normalized spacial score (nSPS) is 19.8. The summed E-state index contributed by atoms with van der Waals surface area (Å²) in [6.07, 6.45) is 0. The van der Waals surface area contributed by atoms with Gasteiger partial charge in [-0.1, -0.05) is 18.2 Å². The molecule has 1 aliphatic heterocycles. The maximum absolute atomic E-state index is 3.52. The van der Waals surface area contributed by atoms with E-state index in [4.69, 9.17) is 0 Å². The van der Waals surface area contributed by atoms with Crippen LogP contribution >= 0.6 is 23.1 Å². The number of rotatable bonds is 3. The third kappa shape index (κ3) is 2.00. The predicted octanol–water partition coefficient (Wildman–Crippen LogP) is 4.21. The van der Waals surface area contributed by atoms with Gasteiger partial charge in [0.2, 0.25) is 0 Å². The molecule has 0 amide bonds. The zero-order valence-corrected chi connectivity index (χ0v) is 12.3. The van der Waals surface area contributed by atoms with Crippen LogP contribution in [0.5, 0.6) is 0 Å². The van der Waals surface area contributed by atoms with Crippen molar-refractivity contribution in [1.82, 2.24) is 5.32 Å². The molecule has 0 radical (unpaired) electrons.